The summed E-state index contributed by atoms with van der Waals surface area (Å²) in [7, 11) is 0. The van der Waals surface area contributed by atoms with Crippen molar-refractivity contribution in [3.63, 3.8) is 0 Å². The van der Waals surface area contributed by atoms with Crippen molar-refractivity contribution in [3.05, 3.63) is 23.8 Å². The zero-order valence-electron chi connectivity index (χ0n) is 11.0. The third-order valence-corrected chi connectivity index (χ3v) is 3.42. The zero-order valence-corrected chi connectivity index (χ0v) is 11.0. The Bertz CT molecular complexity index is 434. The largest absolute Gasteiger partial charge is 0.488 e. The molecule has 1 fully saturated rings. The number of hydrogen-bond donors (Lipinski definition) is 1. The standard InChI is InChI=1S/C14H19F2NO2/c1-9(12-4-2-3-7-18-12)8-19-14-11(17)6-5-10(15)13(14)16/h5-6,9,12H,2-4,7-8,17H2,1H3/t9-,12?/m1/s1. The molecular weight excluding hydrogens is 252 g/mol. The SMILES string of the molecule is C[C@H](COc1c(N)ccc(F)c1F)C1CCCCO1. The Morgan fingerprint density at radius 2 is 2.21 bits per heavy atom. The first-order valence-electron chi connectivity index (χ1n) is 6.57. The van der Waals surface area contributed by atoms with Crippen LogP contribution in [0.3, 0.4) is 0 Å². The van der Waals surface area contributed by atoms with Gasteiger partial charge in [0.1, 0.15) is 0 Å². The highest BCUT2D eigenvalue weighted by Gasteiger charge is 2.22. The van der Waals surface area contributed by atoms with Crippen LogP contribution in [0.2, 0.25) is 0 Å². The fraction of sp³-hybridized carbons (Fsp3) is 0.571. The molecule has 0 aromatic heterocycles. The van der Waals surface area contributed by atoms with Gasteiger partial charge in [-0.1, -0.05) is 6.92 Å². The van der Waals surface area contributed by atoms with Gasteiger partial charge in [0.15, 0.2) is 11.6 Å². The van der Waals surface area contributed by atoms with E-state index in [0.717, 1.165) is 31.9 Å². The lowest BCUT2D eigenvalue weighted by Crippen LogP contribution is -2.30. The first-order valence-corrected chi connectivity index (χ1v) is 6.57. The maximum atomic E-state index is 13.5. The minimum Gasteiger partial charge on any atom is -0.488 e. The summed E-state index contributed by atoms with van der Waals surface area (Å²) >= 11 is 0. The molecule has 1 aromatic carbocycles. The van der Waals surface area contributed by atoms with Gasteiger partial charge in [-0.3, -0.25) is 0 Å². The maximum Gasteiger partial charge on any atom is 0.202 e. The Morgan fingerprint density at radius 1 is 1.42 bits per heavy atom. The Kier molecular flexibility index (Phi) is 4.58. The molecule has 1 unspecified atom stereocenters. The van der Waals surface area contributed by atoms with E-state index < -0.39 is 11.6 Å². The summed E-state index contributed by atoms with van der Waals surface area (Å²) in [6.45, 7) is 2.99. The van der Waals surface area contributed by atoms with E-state index in [0.29, 0.717) is 0 Å². The molecule has 0 aliphatic carbocycles. The van der Waals surface area contributed by atoms with Crippen LogP contribution in [0.25, 0.3) is 0 Å². The second-order valence-corrected chi connectivity index (χ2v) is 4.97. The monoisotopic (exact) mass is 271 g/mol. The fourth-order valence-electron chi connectivity index (χ4n) is 2.23. The maximum absolute atomic E-state index is 13.5. The summed E-state index contributed by atoms with van der Waals surface area (Å²) in [4.78, 5) is 0. The van der Waals surface area contributed by atoms with Gasteiger partial charge in [0.25, 0.3) is 0 Å². The minimum absolute atomic E-state index is 0.107. The van der Waals surface area contributed by atoms with E-state index in [1.807, 2.05) is 6.92 Å². The van der Waals surface area contributed by atoms with Crippen molar-refractivity contribution in [1.29, 1.82) is 0 Å². The molecule has 19 heavy (non-hydrogen) atoms. The normalized spacial score (nSPS) is 21.1. The Labute approximate surface area is 111 Å². The van der Waals surface area contributed by atoms with Gasteiger partial charge in [0.05, 0.1) is 18.4 Å². The molecule has 2 N–H and O–H groups in total. The van der Waals surface area contributed by atoms with E-state index >= 15 is 0 Å². The van der Waals surface area contributed by atoms with Gasteiger partial charge >= 0.3 is 0 Å². The number of halogens is 2. The van der Waals surface area contributed by atoms with Crippen LogP contribution in [0, 0.1) is 17.6 Å². The number of nitrogens with two attached hydrogens (primary N) is 1. The van der Waals surface area contributed by atoms with E-state index in [4.69, 9.17) is 15.2 Å². The summed E-state index contributed by atoms with van der Waals surface area (Å²) < 4.78 is 37.6. The van der Waals surface area contributed by atoms with Crippen LogP contribution in [0.15, 0.2) is 12.1 Å². The van der Waals surface area contributed by atoms with E-state index in [1.165, 1.54) is 6.07 Å². The summed E-state index contributed by atoms with van der Waals surface area (Å²) in [5.74, 6) is -2.08. The van der Waals surface area contributed by atoms with Crippen LogP contribution in [0.5, 0.6) is 5.75 Å². The molecule has 0 radical (unpaired) electrons. The van der Waals surface area contributed by atoms with E-state index in [9.17, 15) is 8.78 Å². The fourth-order valence-corrected chi connectivity index (χ4v) is 2.23. The van der Waals surface area contributed by atoms with Gasteiger partial charge in [-0.05, 0) is 31.4 Å². The van der Waals surface area contributed by atoms with E-state index in [2.05, 4.69) is 0 Å². The summed E-state index contributed by atoms with van der Waals surface area (Å²) in [6.07, 6.45) is 3.30. The van der Waals surface area contributed by atoms with Gasteiger partial charge < -0.3 is 15.2 Å². The van der Waals surface area contributed by atoms with Crippen molar-refractivity contribution < 1.29 is 18.3 Å². The summed E-state index contributed by atoms with van der Waals surface area (Å²) in [6, 6.07) is 2.29. The Balaban J connectivity index is 1.96. The van der Waals surface area contributed by atoms with Crippen molar-refractivity contribution in [1.82, 2.24) is 0 Å². The Morgan fingerprint density at radius 3 is 2.89 bits per heavy atom. The molecule has 2 rings (SSSR count). The van der Waals surface area contributed by atoms with Crippen molar-refractivity contribution in [2.24, 2.45) is 5.92 Å². The van der Waals surface area contributed by atoms with Crippen molar-refractivity contribution >= 4 is 5.69 Å². The first-order chi connectivity index (χ1) is 9.09. The molecule has 106 valence electrons. The predicted molar refractivity (Wildman–Crippen MR) is 69.0 cm³/mol. The molecule has 1 saturated heterocycles. The van der Waals surface area contributed by atoms with Gasteiger partial charge in [-0.15, -0.1) is 0 Å². The molecule has 1 aromatic rings. The molecular formula is C14H19F2NO2. The molecule has 1 aliphatic rings. The van der Waals surface area contributed by atoms with Crippen LogP contribution in [0.4, 0.5) is 14.5 Å². The smallest absolute Gasteiger partial charge is 0.202 e. The lowest BCUT2D eigenvalue weighted by atomic mass is 9.98. The number of ether oxygens (including phenoxy) is 2. The average molecular weight is 271 g/mol. The molecule has 0 saturated carbocycles. The van der Waals surface area contributed by atoms with Crippen molar-refractivity contribution in [2.75, 3.05) is 18.9 Å². The molecule has 5 heteroatoms. The number of rotatable bonds is 4. The van der Waals surface area contributed by atoms with Crippen LogP contribution in [-0.2, 0) is 4.74 Å². The summed E-state index contributed by atoms with van der Waals surface area (Å²) in [5.41, 5.74) is 5.70. The van der Waals surface area contributed by atoms with Gasteiger partial charge in [0.2, 0.25) is 5.82 Å². The number of anilines is 1. The molecule has 0 spiro atoms. The highest BCUT2D eigenvalue weighted by molar-refractivity contribution is 5.53. The first kappa shape index (κ1) is 14.1. The molecule has 0 bridgehead atoms. The number of nitrogen functional groups attached to an aromatic ring is 1. The zero-order chi connectivity index (χ0) is 13.8. The predicted octanol–water partition coefficient (Wildman–Crippen LogP) is 3.13. The molecule has 1 heterocycles. The summed E-state index contributed by atoms with van der Waals surface area (Å²) in [5, 5.41) is 0. The number of benzene rings is 1. The molecule has 0 amide bonds. The van der Waals surface area contributed by atoms with E-state index in [-0.39, 0.29) is 30.1 Å². The van der Waals surface area contributed by atoms with Crippen molar-refractivity contribution in [3.8, 4) is 5.75 Å². The third-order valence-electron chi connectivity index (χ3n) is 3.42. The highest BCUT2D eigenvalue weighted by atomic mass is 19.2. The molecule has 2 atom stereocenters. The third kappa shape index (κ3) is 3.35. The average Bonchev–Trinajstić information content (AvgIpc) is 2.44. The quantitative estimate of drug-likeness (QED) is 0.856. The second kappa shape index (κ2) is 6.19. The lowest BCUT2D eigenvalue weighted by Gasteiger charge is -2.28. The van der Waals surface area contributed by atoms with Crippen LogP contribution in [-0.4, -0.2) is 19.3 Å². The van der Waals surface area contributed by atoms with Gasteiger partial charge in [-0.2, -0.15) is 4.39 Å². The van der Waals surface area contributed by atoms with Gasteiger partial charge in [-0.25, -0.2) is 4.39 Å². The van der Waals surface area contributed by atoms with E-state index in [1.54, 1.807) is 0 Å². The lowest BCUT2D eigenvalue weighted by molar-refractivity contribution is -0.0273. The number of hydrogen-bond acceptors (Lipinski definition) is 3. The van der Waals surface area contributed by atoms with Crippen LogP contribution < -0.4 is 10.5 Å². The Hall–Kier alpha value is -1.36. The van der Waals surface area contributed by atoms with Gasteiger partial charge in [0, 0.05) is 12.5 Å². The van der Waals surface area contributed by atoms with Crippen LogP contribution in [0.1, 0.15) is 26.2 Å². The second-order valence-electron chi connectivity index (χ2n) is 4.97. The minimum atomic E-state index is -1.03. The highest BCUT2D eigenvalue weighted by Crippen LogP contribution is 2.28. The van der Waals surface area contributed by atoms with Crippen LogP contribution >= 0.6 is 0 Å². The molecule has 1 aliphatic heterocycles. The molecule has 3 nitrogen and oxygen atoms in total. The van der Waals surface area contributed by atoms with Crippen molar-refractivity contribution in [2.45, 2.75) is 32.3 Å². The topological polar surface area (TPSA) is 44.5 Å².